The topological polar surface area (TPSA) is 224 Å². The summed E-state index contributed by atoms with van der Waals surface area (Å²) < 4.78 is 12.0. The van der Waals surface area contributed by atoms with Gasteiger partial charge in [0.15, 0.2) is 0 Å². The number of likely N-dealkylation sites (N-methyl/N-ethyl adjacent to an activating group) is 2. The van der Waals surface area contributed by atoms with Gasteiger partial charge in [0.25, 0.3) is 0 Å². The van der Waals surface area contributed by atoms with Gasteiger partial charge in [-0.1, -0.05) is 124 Å². The van der Waals surface area contributed by atoms with Gasteiger partial charge >= 0.3 is 5.97 Å². The van der Waals surface area contributed by atoms with Crippen LogP contribution in [0, 0.1) is 29.6 Å². The number of hydrogen-bond donors (Lipinski definition) is 4. The van der Waals surface area contributed by atoms with Gasteiger partial charge in [0.2, 0.25) is 41.4 Å². The Morgan fingerprint density at radius 3 is 1.90 bits per heavy atom. The zero-order valence-corrected chi connectivity index (χ0v) is 48.6. The largest absolute Gasteiger partial charge is 0.480 e. The van der Waals surface area contributed by atoms with Crippen molar-refractivity contribution in [1.29, 1.82) is 0 Å². The highest BCUT2D eigenvalue weighted by Crippen LogP contribution is 2.30. The lowest BCUT2D eigenvalue weighted by Crippen LogP contribution is -2.60. The average Bonchev–Trinajstić information content (AvgIpc) is 3.94. The Morgan fingerprint density at radius 1 is 0.714 bits per heavy atom. The standard InChI is InChI=1S/C59H97N7O11/c1-12-40(6)53(47(76-10)37-50(69)66-33-23-28-46(66)54(77-11)41(7)55(70)61-45(59(74)75)36-42-24-18-17-19-25-42)64(9)58(73)51(38(2)3)62-57(72)52(39(4)5)63(8)48(67)29-22-30-49(68)65-34-31-43(32-35-65)56(71)60-44-26-20-15-13-14-16-21-27-44/h17-19,24-25,38-41,43-47,51-54H,12-16,20-23,26-37H2,1-11H3,(H,60,71)(H,61,70)(H,62,72)(H,74,75)/t40-,41+,45-,46-,47+,51-,52-,53-,54+/m0/s1. The van der Waals surface area contributed by atoms with Crippen molar-refractivity contribution in [2.24, 2.45) is 29.6 Å². The number of amides is 7. The summed E-state index contributed by atoms with van der Waals surface area (Å²) in [5.41, 5.74) is 0.764. The number of carboxylic acids is 1. The summed E-state index contributed by atoms with van der Waals surface area (Å²) in [6, 6.07) is 5.15. The van der Waals surface area contributed by atoms with E-state index in [0.717, 1.165) is 31.2 Å². The third-order valence-corrected chi connectivity index (χ3v) is 16.8. The fourth-order valence-electron chi connectivity index (χ4n) is 11.9. The van der Waals surface area contributed by atoms with Crippen LogP contribution in [0.1, 0.15) is 163 Å². The number of carbonyl (C=O) groups is 8. The molecule has 1 aromatic rings. The summed E-state index contributed by atoms with van der Waals surface area (Å²) in [6.45, 7) is 14.4. The van der Waals surface area contributed by atoms with Gasteiger partial charge in [-0.05, 0) is 68.3 Å². The first-order valence-electron chi connectivity index (χ1n) is 29.0. The minimum atomic E-state index is -1.16. The van der Waals surface area contributed by atoms with Gasteiger partial charge in [-0.15, -0.1) is 0 Å². The molecule has 3 aliphatic rings. The predicted molar refractivity (Wildman–Crippen MR) is 296 cm³/mol. The number of hydrogen-bond acceptors (Lipinski definition) is 10. The number of rotatable bonds is 27. The molecular weight excluding hydrogens is 983 g/mol. The Morgan fingerprint density at radius 2 is 1.34 bits per heavy atom. The van der Waals surface area contributed by atoms with Crippen LogP contribution in [0.25, 0.3) is 0 Å². The molecule has 1 saturated carbocycles. The Labute approximate surface area is 460 Å². The number of aliphatic carboxylic acids is 1. The molecule has 2 heterocycles. The smallest absolute Gasteiger partial charge is 0.326 e. The van der Waals surface area contributed by atoms with Crippen LogP contribution in [0.2, 0.25) is 0 Å². The Hall–Kier alpha value is -5.10. The number of carboxylic acid groups (broad SMARTS) is 1. The summed E-state index contributed by atoms with van der Waals surface area (Å²) in [6.07, 6.45) is 11.5. The van der Waals surface area contributed by atoms with E-state index in [1.807, 2.05) is 59.7 Å². The molecule has 18 heteroatoms. The van der Waals surface area contributed by atoms with Gasteiger partial charge in [0.05, 0.1) is 36.6 Å². The fourth-order valence-corrected chi connectivity index (χ4v) is 11.9. The van der Waals surface area contributed by atoms with Crippen molar-refractivity contribution in [3.05, 3.63) is 35.9 Å². The molecule has 0 spiro atoms. The van der Waals surface area contributed by atoms with E-state index >= 15 is 0 Å². The zero-order chi connectivity index (χ0) is 56.9. The molecule has 7 amide bonds. The van der Waals surface area contributed by atoms with Crippen molar-refractivity contribution in [3.8, 4) is 0 Å². The number of likely N-dealkylation sites (tertiary alicyclic amines) is 2. The maximum atomic E-state index is 14.7. The summed E-state index contributed by atoms with van der Waals surface area (Å²) in [7, 11) is 6.23. The number of methoxy groups -OCH3 is 2. The van der Waals surface area contributed by atoms with Crippen LogP contribution in [0.15, 0.2) is 30.3 Å². The van der Waals surface area contributed by atoms with Crippen LogP contribution >= 0.6 is 0 Å². The van der Waals surface area contributed by atoms with E-state index in [4.69, 9.17) is 9.47 Å². The second-order valence-electron chi connectivity index (χ2n) is 23.0. The average molecular weight is 1080 g/mol. The number of nitrogens with zero attached hydrogens (tertiary/aromatic N) is 4. The molecule has 4 rings (SSSR count). The lowest BCUT2D eigenvalue weighted by molar-refractivity contribution is -0.149. The van der Waals surface area contributed by atoms with Crippen molar-refractivity contribution in [2.45, 2.75) is 212 Å². The molecule has 2 saturated heterocycles. The fraction of sp³-hybridized carbons (Fsp3) is 0.763. The SMILES string of the molecule is CC[C@H](C)[C@@H]([C@@H](CC(=O)N1CCC[C@H]1[C@H](OC)[C@@H](C)C(=O)N[C@@H](Cc1ccccc1)C(=O)O)OC)N(C)C(=O)[C@@H](NC(=O)[C@H](C(C)C)N(C)C(=O)CCCC(=O)N1CCC(C(=O)NC2CCCCCCCC2)CC1)C(C)C. The lowest BCUT2D eigenvalue weighted by Gasteiger charge is -2.41. The molecule has 0 bridgehead atoms. The van der Waals surface area contributed by atoms with E-state index in [2.05, 4.69) is 16.0 Å². The minimum absolute atomic E-state index is 0.0492. The van der Waals surface area contributed by atoms with Crippen molar-refractivity contribution in [1.82, 2.24) is 35.6 Å². The van der Waals surface area contributed by atoms with Crippen molar-refractivity contribution >= 4 is 47.3 Å². The molecule has 9 atom stereocenters. The van der Waals surface area contributed by atoms with E-state index in [1.165, 1.54) is 44.8 Å². The molecule has 0 aromatic heterocycles. The van der Waals surface area contributed by atoms with Gasteiger partial charge < -0.3 is 50.1 Å². The first-order valence-corrected chi connectivity index (χ1v) is 29.0. The lowest BCUT2D eigenvalue weighted by atomic mass is 9.89. The molecule has 1 aliphatic carbocycles. The highest BCUT2D eigenvalue weighted by molar-refractivity contribution is 5.93. The predicted octanol–water partition coefficient (Wildman–Crippen LogP) is 6.37. The highest BCUT2D eigenvalue weighted by Gasteiger charge is 2.44. The Balaban J connectivity index is 1.35. The molecule has 3 fully saturated rings. The third-order valence-electron chi connectivity index (χ3n) is 16.8. The number of benzene rings is 1. The first kappa shape index (κ1) is 64.4. The van der Waals surface area contributed by atoms with Crippen LogP contribution < -0.4 is 16.0 Å². The maximum absolute atomic E-state index is 14.7. The summed E-state index contributed by atoms with van der Waals surface area (Å²) in [5.74, 6) is -4.71. The van der Waals surface area contributed by atoms with Crippen molar-refractivity contribution < 1.29 is 52.9 Å². The van der Waals surface area contributed by atoms with Crippen LogP contribution in [0.5, 0.6) is 0 Å². The van der Waals surface area contributed by atoms with Crippen molar-refractivity contribution in [3.63, 3.8) is 0 Å². The second-order valence-corrected chi connectivity index (χ2v) is 23.0. The molecule has 434 valence electrons. The first-order chi connectivity index (χ1) is 36.6. The van der Waals surface area contributed by atoms with Gasteiger partial charge in [0.1, 0.15) is 18.1 Å². The molecule has 77 heavy (non-hydrogen) atoms. The van der Waals surface area contributed by atoms with Gasteiger partial charge in [-0.2, -0.15) is 0 Å². The van der Waals surface area contributed by atoms with Crippen LogP contribution in [0.4, 0.5) is 0 Å². The van der Waals surface area contributed by atoms with E-state index in [0.29, 0.717) is 58.2 Å². The van der Waals surface area contributed by atoms with E-state index in [1.54, 1.807) is 47.9 Å². The highest BCUT2D eigenvalue weighted by atomic mass is 16.5. The maximum Gasteiger partial charge on any atom is 0.326 e. The van der Waals surface area contributed by atoms with E-state index in [-0.39, 0.29) is 84.9 Å². The van der Waals surface area contributed by atoms with Crippen molar-refractivity contribution in [2.75, 3.05) is 47.9 Å². The number of ether oxygens (including phenoxy) is 2. The molecule has 0 unspecified atom stereocenters. The second kappa shape index (κ2) is 32.1. The quantitative estimate of drug-likeness (QED) is 0.0758. The van der Waals surface area contributed by atoms with E-state index in [9.17, 15) is 43.5 Å². The minimum Gasteiger partial charge on any atom is -0.480 e. The molecule has 18 nitrogen and oxygen atoms in total. The Kier molecular flexibility index (Phi) is 26.8. The molecule has 2 aliphatic heterocycles. The Bertz CT molecular complexity index is 2060. The van der Waals surface area contributed by atoms with Gasteiger partial charge in [0, 0.05) is 79.2 Å². The molecular formula is C59H97N7O11. The molecule has 4 N–H and O–H groups in total. The zero-order valence-electron chi connectivity index (χ0n) is 48.6. The van der Waals surface area contributed by atoms with Gasteiger partial charge in [-0.25, -0.2) is 4.79 Å². The monoisotopic (exact) mass is 1080 g/mol. The summed E-state index contributed by atoms with van der Waals surface area (Å²) >= 11 is 0. The van der Waals surface area contributed by atoms with E-state index < -0.39 is 66.1 Å². The number of piperidine rings is 1. The van der Waals surface area contributed by atoms with Crippen LogP contribution in [-0.2, 0) is 54.3 Å². The number of nitrogens with one attached hydrogen (secondary N) is 3. The summed E-state index contributed by atoms with van der Waals surface area (Å²) in [5, 5.41) is 19.0. The molecule has 0 radical (unpaired) electrons. The number of carbonyl (C=O) groups excluding carboxylic acids is 7. The summed E-state index contributed by atoms with van der Waals surface area (Å²) in [4.78, 5) is 116. The molecule has 1 aromatic carbocycles. The third kappa shape index (κ3) is 18.8. The van der Waals surface area contributed by atoms with Crippen LogP contribution in [-0.4, -0.2) is 168 Å². The van der Waals surface area contributed by atoms with Crippen LogP contribution in [0.3, 0.4) is 0 Å². The van der Waals surface area contributed by atoms with Gasteiger partial charge in [-0.3, -0.25) is 33.6 Å². The normalized spacial score (nSPS) is 20.0.